The molecule has 1 saturated heterocycles. The van der Waals surface area contributed by atoms with Crippen LogP contribution in [0.4, 0.5) is 27.6 Å². The number of alkyl halides is 3. The van der Waals surface area contributed by atoms with Crippen LogP contribution >= 0.6 is 0 Å². The Balaban J connectivity index is 1.51. The van der Waals surface area contributed by atoms with Crippen molar-refractivity contribution in [3.05, 3.63) is 77.9 Å². The fourth-order valence-corrected chi connectivity index (χ4v) is 4.65. The fourth-order valence-electron chi connectivity index (χ4n) is 4.65. The van der Waals surface area contributed by atoms with Gasteiger partial charge >= 0.3 is 6.18 Å². The number of likely N-dealkylation sites (tertiary alicyclic amines) is 1. The highest BCUT2D eigenvalue weighted by molar-refractivity contribution is 5.53. The van der Waals surface area contributed by atoms with E-state index >= 15 is 0 Å². The molecule has 0 radical (unpaired) electrons. The number of hydrogen-bond donors (Lipinski definition) is 2. The number of anilines is 1. The Kier molecular flexibility index (Phi) is 7.09. The van der Waals surface area contributed by atoms with E-state index in [4.69, 9.17) is 0 Å². The van der Waals surface area contributed by atoms with Crippen LogP contribution < -0.4 is 5.32 Å². The lowest BCUT2D eigenvalue weighted by molar-refractivity contribution is -0.137. The van der Waals surface area contributed by atoms with Gasteiger partial charge in [0.25, 0.3) is 0 Å². The number of aliphatic hydroxyl groups is 1. The predicted molar refractivity (Wildman–Crippen MR) is 119 cm³/mol. The molecule has 2 atom stereocenters. The molecular weight excluding hydrogens is 469 g/mol. The summed E-state index contributed by atoms with van der Waals surface area (Å²) in [7, 11) is 0. The molecule has 0 unspecified atom stereocenters. The summed E-state index contributed by atoms with van der Waals surface area (Å²) in [6.45, 7) is 2.53. The Hall–Kier alpha value is -3.05. The van der Waals surface area contributed by atoms with E-state index in [1.54, 1.807) is 13.0 Å². The molecule has 6 nitrogen and oxygen atoms in total. The summed E-state index contributed by atoms with van der Waals surface area (Å²) in [5, 5.41) is 18.8. The third-order valence-corrected chi connectivity index (χ3v) is 6.63. The van der Waals surface area contributed by atoms with Crippen LogP contribution in [0, 0.1) is 11.6 Å². The molecular formula is C24H26F5N5O. The van der Waals surface area contributed by atoms with Crippen LogP contribution in [0.15, 0.2) is 55.1 Å². The molecule has 1 aliphatic rings. The van der Waals surface area contributed by atoms with E-state index in [0.29, 0.717) is 25.9 Å². The Bertz CT molecular complexity index is 1130. The Morgan fingerprint density at radius 2 is 1.80 bits per heavy atom. The highest BCUT2D eigenvalue weighted by Crippen LogP contribution is 2.37. The Labute approximate surface area is 199 Å². The molecule has 1 fully saturated rings. The number of halogens is 5. The van der Waals surface area contributed by atoms with Crippen molar-refractivity contribution >= 4 is 5.69 Å². The molecule has 0 bridgehead atoms. The van der Waals surface area contributed by atoms with E-state index < -0.39 is 35.0 Å². The highest BCUT2D eigenvalue weighted by Gasteiger charge is 2.43. The smallest absolute Gasteiger partial charge is 0.382 e. The average molecular weight is 495 g/mol. The van der Waals surface area contributed by atoms with Gasteiger partial charge in [-0.1, -0.05) is 18.2 Å². The number of rotatable bonds is 7. The third-order valence-electron chi connectivity index (χ3n) is 6.63. The van der Waals surface area contributed by atoms with Crippen molar-refractivity contribution in [3.8, 4) is 0 Å². The van der Waals surface area contributed by atoms with Crippen LogP contribution in [0.3, 0.4) is 0 Å². The predicted octanol–water partition coefficient (Wildman–Crippen LogP) is 4.43. The van der Waals surface area contributed by atoms with Gasteiger partial charge in [-0.15, -0.1) is 0 Å². The van der Waals surface area contributed by atoms with Crippen LogP contribution in [-0.4, -0.2) is 49.9 Å². The van der Waals surface area contributed by atoms with Gasteiger partial charge in [0.1, 0.15) is 29.9 Å². The van der Waals surface area contributed by atoms with Crippen molar-refractivity contribution in [2.45, 2.75) is 50.2 Å². The summed E-state index contributed by atoms with van der Waals surface area (Å²) in [4.78, 5) is 5.82. The molecule has 0 saturated carbocycles. The molecule has 1 aliphatic heterocycles. The minimum Gasteiger partial charge on any atom is -0.382 e. The summed E-state index contributed by atoms with van der Waals surface area (Å²) in [6.07, 6.45) is -0.741. The van der Waals surface area contributed by atoms with Crippen LogP contribution in [0.1, 0.15) is 30.9 Å². The first-order valence-electron chi connectivity index (χ1n) is 11.2. The van der Waals surface area contributed by atoms with Crippen molar-refractivity contribution in [3.63, 3.8) is 0 Å². The zero-order chi connectivity index (χ0) is 25.2. The van der Waals surface area contributed by atoms with Crippen LogP contribution in [0.25, 0.3) is 0 Å². The molecule has 2 aromatic carbocycles. The van der Waals surface area contributed by atoms with Gasteiger partial charge in [-0.25, -0.2) is 18.4 Å². The van der Waals surface area contributed by atoms with Crippen molar-refractivity contribution in [2.75, 3.05) is 18.4 Å². The maximum absolute atomic E-state index is 14.8. The first-order valence-corrected chi connectivity index (χ1v) is 11.2. The molecule has 1 aromatic heterocycles. The molecule has 2 N–H and O–H groups in total. The van der Waals surface area contributed by atoms with Crippen molar-refractivity contribution in [1.82, 2.24) is 19.7 Å². The zero-order valence-electron chi connectivity index (χ0n) is 19.0. The normalized spacial score (nSPS) is 18.3. The maximum atomic E-state index is 14.8. The van der Waals surface area contributed by atoms with Crippen molar-refractivity contribution in [2.24, 2.45) is 0 Å². The zero-order valence-corrected chi connectivity index (χ0v) is 19.0. The number of nitrogens with zero attached hydrogens (tertiary/aromatic N) is 4. The summed E-state index contributed by atoms with van der Waals surface area (Å²) in [6, 6.07) is 7.57. The molecule has 4 rings (SSSR count). The van der Waals surface area contributed by atoms with Crippen molar-refractivity contribution in [1.29, 1.82) is 0 Å². The summed E-state index contributed by atoms with van der Waals surface area (Å²) >= 11 is 0. The lowest BCUT2D eigenvalue weighted by Crippen LogP contribution is -2.55. The summed E-state index contributed by atoms with van der Waals surface area (Å²) in [5.41, 5.74) is -2.53. The second-order valence-corrected chi connectivity index (χ2v) is 8.82. The van der Waals surface area contributed by atoms with E-state index in [2.05, 4.69) is 15.4 Å². The number of aromatic nitrogens is 3. The molecule has 0 amide bonds. The Morgan fingerprint density at radius 1 is 1.09 bits per heavy atom. The first kappa shape index (κ1) is 25.1. The maximum Gasteiger partial charge on any atom is 0.418 e. The lowest BCUT2D eigenvalue weighted by atomic mass is 9.84. The van der Waals surface area contributed by atoms with Gasteiger partial charge in [0, 0.05) is 42.5 Å². The molecule has 11 heteroatoms. The molecule has 0 aliphatic carbocycles. The molecule has 35 heavy (non-hydrogen) atoms. The molecule has 3 aromatic rings. The van der Waals surface area contributed by atoms with E-state index in [1.165, 1.54) is 35.5 Å². The number of para-hydroxylation sites is 1. The molecule has 188 valence electrons. The summed E-state index contributed by atoms with van der Waals surface area (Å²) in [5.74, 6) is -1.63. The SMILES string of the molecule is C[C@@H](N1CCC(Nc2ccccc2C(F)(F)F)CC1)[C@](O)(Cn1cncn1)c1ccc(F)cc1F. The van der Waals surface area contributed by atoms with E-state index in [-0.39, 0.29) is 23.8 Å². The quantitative estimate of drug-likeness (QED) is 0.475. The number of benzene rings is 2. The minimum atomic E-state index is -4.46. The number of nitrogens with one attached hydrogen (secondary N) is 1. The monoisotopic (exact) mass is 495 g/mol. The highest BCUT2D eigenvalue weighted by atomic mass is 19.4. The number of piperidine rings is 1. The second kappa shape index (κ2) is 9.90. The third kappa shape index (κ3) is 5.46. The van der Waals surface area contributed by atoms with Gasteiger partial charge in [-0.2, -0.15) is 18.3 Å². The van der Waals surface area contributed by atoms with Gasteiger partial charge in [0.05, 0.1) is 12.1 Å². The fraction of sp³-hybridized carbons (Fsp3) is 0.417. The first-order chi connectivity index (χ1) is 16.6. The summed E-state index contributed by atoms with van der Waals surface area (Å²) < 4.78 is 69.7. The largest absolute Gasteiger partial charge is 0.418 e. The van der Waals surface area contributed by atoms with E-state index in [9.17, 15) is 27.1 Å². The van der Waals surface area contributed by atoms with Gasteiger partial charge in [-0.05, 0) is 38.0 Å². The van der Waals surface area contributed by atoms with E-state index in [0.717, 1.165) is 18.2 Å². The van der Waals surface area contributed by atoms with Crippen LogP contribution in [0.2, 0.25) is 0 Å². The molecule has 2 heterocycles. The van der Waals surface area contributed by atoms with Gasteiger partial charge in [-0.3, -0.25) is 4.90 Å². The standard InChI is InChI=1S/C24H26F5N5O/c1-16(23(35,13-34-15-30-14-31-34)19-7-6-17(25)12-21(19)26)33-10-8-18(9-11-33)32-22-5-3-2-4-20(22)24(27,28)29/h2-7,12,14-16,18,32,35H,8-11,13H2,1H3/t16-,23-/m1/s1. The molecule has 0 spiro atoms. The minimum absolute atomic E-state index is 0.0302. The van der Waals surface area contributed by atoms with Crippen LogP contribution in [-0.2, 0) is 18.3 Å². The van der Waals surface area contributed by atoms with E-state index in [1.807, 2.05) is 4.90 Å². The van der Waals surface area contributed by atoms with Gasteiger partial charge < -0.3 is 10.4 Å². The van der Waals surface area contributed by atoms with Crippen molar-refractivity contribution < 1.29 is 27.1 Å². The topological polar surface area (TPSA) is 66.2 Å². The van der Waals surface area contributed by atoms with Crippen LogP contribution in [0.5, 0.6) is 0 Å². The lowest BCUT2D eigenvalue weighted by Gasteiger charge is -2.44. The average Bonchev–Trinajstić information content (AvgIpc) is 3.31. The van der Waals surface area contributed by atoms with Gasteiger partial charge in [0.2, 0.25) is 0 Å². The Morgan fingerprint density at radius 3 is 2.43 bits per heavy atom. The number of hydrogen-bond acceptors (Lipinski definition) is 5. The second-order valence-electron chi connectivity index (χ2n) is 8.82. The van der Waals surface area contributed by atoms with Gasteiger partial charge in [0.15, 0.2) is 0 Å².